The summed E-state index contributed by atoms with van der Waals surface area (Å²) in [7, 11) is 0. The minimum Gasteiger partial charge on any atom is -0.310 e. The van der Waals surface area contributed by atoms with Crippen LogP contribution in [-0.4, -0.2) is 15.8 Å². The van der Waals surface area contributed by atoms with E-state index in [4.69, 9.17) is 5.48 Å². The van der Waals surface area contributed by atoms with Gasteiger partial charge in [-0.1, -0.05) is 244 Å². The molecule has 0 atom stereocenters. The summed E-state index contributed by atoms with van der Waals surface area (Å²) in [5.74, 6) is 0. The molecule has 19 rings (SSSR count). The van der Waals surface area contributed by atoms with Crippen molar-refractivity contribution in [2.45, 2.75) is 78.6 Å². The van der Waals surface area contributed by atoms with Gasteiger partial charge in [-0.15, -0.1) is 22.7 Å². The minimum atomic E-state index is -0.734. The molecule has 97 heavy (non-hydrogen) atoms. The van der Waals surface area contributed by atoms with Crippen LogP contribution in [0, 0.1) is 0 Å². The van der Waals surface area contributed by atoms with Gasteiger partial charge in [0.15, 0.2) is 0 Å². The molecule has 4 aromatic heterocycles. The predicted molar refractivity (Wildman–Crippen MR) is 422 cm³/mol. The molecule has 0 saturated carbocycles. The number of anilines is 6. The maximum absolute atomic E-state index is 9.87. The Bertz CT molecular complexity index is 6600. The van der Waals surface area contributed by atoms with E-state index in [1.807, 2.05) is 48.5 Å². The number of aromatic nitrogens is 2. The third-order valence-electron chi connectivity index (χ3n) is 20.0. The molecule has 0 saturated heterocycles. The first kappa shape index (κ1) is 43.6. The zero-order valence-electron chi connectivity index (χ0n) is 70.8. The number of nitrogens with zero attached hydrogens (tertiary/aromatic N) is 4. The Balaban J connectivity index is 1.06. The third kappa shape index (κ3) is 8.60. The summed E-state index contributed by atoms with van der Waals surface area (Å²) in [5.41, 5.74) is 12.9. The molecule has 17 aromatic rings. The molecule has 0 radical (unpaired) electrons. The van der Waals surface area contributed by atoms with E-state index >= 15 is 0 Å². The average Bonchev–Trinajstić information content (AvgIpc) is 1.46. The Labute approximate surface area is 597 Å². The average molecular weight is 1300 g/mol. The van der Waals surface area contributed by atoms with Crippen LogP contribution in [0.3, 0.4) is 0 Å². The minimum absolute atomic E-state index is 0.0336. The van der Waals surface area contributed by atoms with E-state index in [1.54, 1.807) is 31.8 Å². The Morgan fingerprint density at radius 1 is 0.351 bits per heavy atom. The molecule has 7 heteroatoms. The van der Waals surface area contributed by atoms with Crippen molar-refractivity contribution in [1.29, 1.82) is 0 Å². The van der Waals surface area contributed by atoms with Gasteiger partial charge >= 0.3 is 0 Å². The van der Waals surface area contributed by atoms with Crippen molar-refractivity contribution >= 4 is 164 Å². The van der Waals surface area contributed by atoms with Crippen LogP contribution in [0.15, 0.2) is 267 Å². The Kier molecular flexibility index (Phi) is 9.45. The topological polar surface area (TPSA) is 16.3 Å². The molecule has 0 spiro atoms. The van der Waals surface area contributed by atoms with Gasteiger partial charge in [-0.2, -0.15) is 0 Å². The Morgan fingerprint density at radius 3 is 1.08 bits per heavy atom. The summed E-state index contributed by atoms with van der Waals surface area (Å²) in [6.07, 6.45) is 0. The van der Waals surface area contributed by atoms with E-state index in [0.717, 1.165) is 118 Å². The number of hydrogen-bond acceptors (Lipinski definition) is 4. The van der Waals surface area contributed by atoms with Crippen LogP contribution in [0.25, 0.3) is 118 Å². The molecule has 2 aliphatic rings. The van der Waals surface area contributed by atoms with E-state index in [1.165, 1.54) is 0 Å². The number of thiophene rings is 2. The summed E-state index contributed by atoms with van der Waals surface area (Å²) in [6, 6.07) is 51.0. The fourth-order valence-corrected chi connectivity index (χ4v) is 18.4. The largest absolute Gasteiger partial charge is 0.310 e. The SMILES string of the molecule is [2H]c1c([2H])c([2H])c2c(c1[2H])c1c([2H])c([2H])c([2H])c([2H])c1n2-c1ccc2c(c1)N(c1c(-c3ccccc3)cc(C(C)(C)C)c3sc4ccccc4c13)c1cc(C(C)(C)C)cc3c1B2c1ccc(-n2c4c([2H])c([2H])c([2H])c([2H])c4c4c([2H])c([2H])c([2H])c([2H])c42)cc1N3c1c(-c2ccccc2)cc(C(C)(C)C)c2sc3ccccc3c12. The number of para-hydroxylation sites is 4. The number of hydrogen-bond donors (Lipinski definition) is 0. The van der Waals surface area contributed by atoms with Gasteiger partial charge in [-0.25, -0.2) is 0 Å². The van der Waals surface area contributed by atoms with Gasteiger partial charge in [-0.05, 0) is 145 Å². The lowest BCUT2D eigenvalue weighted by molar-refractivity contribution is 0.590. The predicted octanol–water partition coefficient (Wildman–Crippen LogP) is 23.9. The highest BCUT2D eigenvalue weighted by Crippen LogP contribution is 2.58. The Morgan fingerprint density at radius 2 is 0.711 bits per heavy atom. The zero-order chi connectivity index (χ0) is 79.5. The Hall–Kier alpha value is -10.4. The van der Waals surface area contributed by atoms with E-state index in [9.17, 15) is 16.4 Å². The van der Waals surface area contributed by atoms with Crippen LogP contribution in [-0.2, 0) is 16.2 Å². The summed E-state index contributed by atoms with van der Waals surface area (Å²) >= 11 is 3.47. The van der Waals surface area contributed by atoms with Crippen LogP contribution < -0.4 is 26.2 Å². The second kappa shape index (κ2) is 21.0. The smallest absolute Gasteiger partial charge is 0.252 e. The van der Waals surface area contributed by atoms with Gasteiger partial charge in [-0.3, -0.25) is 0 Å². The van der Waals surface area contributed by atoms with Crippen LogP contribution in [0.5, 0.6) is 0 Å². The van der Waals surface area contributed by atoms with Gasteiger partial charge < -0.3 is 18.9 Å². The lowest BCUT2D eigenvalue weighted by atomic mass is 9.33. The molecule has 0 amide bonds. The highest BCUT2D eigenvalue weighted by atomic mass is 32.1. The van der Waals surface area contributed by atoms with Gasteiger partial charge in [0.05, 0.1) is 55.4 Å². The fraction of sp³-hybridized carbons (Fsp3) is 0.133. The molecule has 13 aromatic carbocycles. The lowest BCUT2D eigenvalue weighted by Gasteiger charge is -2.46. The van der Waals surface area contributed by atoms with Crippen LogP contribution >= 0.6 is 22.7 Å². The molecular formula is C90H71BN4S2. The maximum atomic E-state index is 9.87. The first-order chi connectivity index (χ1) is 53.7. The van der Waals surface area contributed by atoms with Crippen molar-refractivity contribution < 1.29 is 21.9 Å². The fourth-order valence-electron chi connectivity index (χ4n) is 15.5. The van der Waals surface area contributed by atoms with Crippen LogP contribution in [0.4, 0.5) is 34.1 Å². The molecule has 0 bridgehead atoms. The van der Waals surface area contributed by atoms with Crippen LogP contribution in [0.1, 0.15) is 101 Å². The quantitative estimate of drug-likeness (QED) is 0.154. The molecule has 0 aliphatic carbocycles. The van der Waals surface area contributed by atoms with Crippen molar-refractivity contribution in [2.75, 3.05) is 9.80 Å². The van der Waals surface area contributed by atoms with Crippen molar-refractivity contribution in [2.24, 2.45) is 0 Å². The number of fused-ring (bicyclic) bond motifs is 16. The zero-order valence-corrected chi connectivity index (χ0v) is 56.5. The highest BCUT2D eigenvalue weighted by molar-refractivity contribution is 7.26. The molecule has 4 nitrogen and oxygen atoms in total. The van der Waals surface area contributed by atoms with E-state index in [-0.39, 0.29) is 43.6 Å². The second-order valence-corrected chi connectivity index (χ2v) is 30.9. The standard InChI is InChI=1S/C90H71BN4S2/c1-88(2,3)56-48-77-83-78(49-56)95(85-66(55-30-14-11-15-31-55)53-68(90(7,8)9)87-82(85)64-37-21-27-43-80(64)97-87)76-51-58(93-73-40-24-18-34-61(73)62-35-19-25-41-74(62)93)45-47-70(76)91(83)69-46-44-57(92-71-38-22-16-32-59(71)60-33-17-23-39-72(60)92)50-75(69)94(77)84-65(54-28-12-10-13-29-54)52-67(89(4,5)6)86-81(84)63-36-20-26-42-79(63)96-86/h10-53H,1-9H3/i16D,17D,18D,19D,22D,23D,24D,25D,32D,33D,34D,35D,38D,39D,40D,41D. The molecule has 0 N–H and O–H groups in total. The molecule has 6 heterocycles. The van der Waals surface area contributed by atoms with Gasteiger partial charge in [0.25, 0.3) is 6.71 Å². The summed E-state index contributed by atoms with van der Waals surface area (Å²) in [4.78, 5) is 4.79. The second-order valence-electron chi connectivity index (χ2n) is 28.8. The molecular weight excluding hydrogens is 1210 g/mol. The first-order valence-electron chi connectivity index (χ1n) is 40.9. The number of rotatable bonds is 6. The normalized spacial score (nSPS) is 15.7. The molecule has 0 fully saturated rings. The van der Waals surface area contributed by atoms with Crippen molar-refractivity contribution in [3.8, 4) is 33.6 Å². The summed E-state index contributed by atoms with van der Waals surface area (Å²) < 4.78 is 159. The molecule has 0 unspecified atom stereocenters. The van der Waals surface area contributed by atoms with Gasteiger partial charge in [0, 0.05) is 107 Å². The van der Waals surface area contributed by atoms with Crippen molar-refractivity contribution in [3.63, 3.8) is 0 Å². The van der Waals surface area contributed by atoms with Crippen molar-refractivity contribution in [1.82, 2.24) is 9.13 Å². The summed E-state index contributed by atoms with van der Waals surface area (Å²) in [6.45, 7) is 19.3. The third-order valence-corrected chi connectivity index (χ3v) is 22.4. The first-order valence-corrected chi connectivity index (χ1v) is 34.5. The van der Waals surface area contributed by atoms with E-state index < -0.39 is 120 Å². The van der Waals surface area contributed by atoms with E-state index in [2.05, 4.69) is 193 Å². The summed E-state index contributed by atoms with van der Waals surface area (Å²) in [5, 5.41) is 3.76. The van der Waals surface area contributed by atoms with Gasteiger partial charge in [0.1, 0.15) is 0 Å². The molecule has 2 aliphatic heterocycles. The monoisotopic (exact) mass is 1300 g/mol. The maximum Gasteiger partial charge on any atom is 0.252 e. The lowest BCUT2D eigenvalue weighted by Crippen LogP contribution is -2.61. The number of benzene rings is 13. The van der Waals surface area contributed by atoms with Crippen LogP contribution in [0.2, 0.25) is 0 Å². The molecule has 466 valence electrons. The van der Waals surface area contributed by atoms with E-state index in [0.29, 0.717) is 22.7 Å². The highest BCUT2D eigenvalue weighted by Gasteiger charge is 2.47. The van der Waals surface area contributed by atoms with Gasteiger partial charge in [0.2, 0.25) is 0 Å². The van der Waals surface area contributed by atoms with Crippen molar-refractivity contribution in [3.05, 3.63) is 283 Å².